The second-order valence-corrected chi connectivity index (χ2v) is 3.44. The highest BCUT2D eigenvalue weighted by Crippen LogP contribution is 2.29. The molecule has 17 heavy (non-hydrogen) atoms. The number of aromatic carboxylic acids is 1. The van der Waals surface area contributed by atoms with Crippen LogP contribution in [-0.2, 0) is 0 Å². The first-order valence-electron chi connectivity index (χ1n) is 5.03. The van der Waals surface area contributed by atoms with E-state index in [1.165, 1.54) is 6.07 Å². The van der Waals surface area contributed by atoms with Gasteiger partial charge in [0, 0.05) is 0 Å². The Bertz CT molecular complexity index is 552. The average Bonchev–Trinajstić information content (AvgIpc) is 2.32. The van der Waals surface area contributed by atoms with Gasteiger partial charge in [0.2, 0.25) is 0 Å². The molecule has 0 saturated carbocycles. The molecule has 0 unspecified atom stereocenters. The molecule has 0 atom stereocenters. The molecule has 0 aliphatic heterocycles. The van der Waals surface area contributed by atoms with Crippen molar-refractivity contribution >= 4 is 11.7 Å². The Morgan fingerprint density at radius 2 is 1.59 bits per heavy atom. The lowest BCUT2D eigenvalue weighted by Crippen LogP contribution is -2.00. The number of benzene rings is 2. The zero-order valence-corrected chi connectivity index (χ0v) is 8.96. The second kappa shape index (κ2) is 4.57. The fourth-order valence-corrected chi connectivity index (χ4v) is 1.42. The number of ether oxygens (including phenoxy) is 1. The van der Waals surface area contributed by atoms with Crippen LogP contribution in [0.5, 0.6) is 11.5 Å². The van der Waals surface area contributed by atoms with Crippen LogP contribution in [0.1, 0.15) is 10.4 Å². The van der Waals surface area contributed by atoms with Crippen LogP contribution in [0.15, 0.2) is 48.5 Å². The highest BCUT2D eigenvalue weighted by molar-refractivity contribution is 5.91. The number of para-hydroxylation sites is 3. The van der Waals surface area contributed by atoms with Crippen molar-refractivity contribution in [2.75, 3.05) is 5.73 Å². The molecule has 0 fully saturated rings. The fraction of sp³-hybridized carbons (Fsp3) is 0. The normalized spacial score (nSPS) is 9.88. The van der Waals surface area contributed by atoms with Gasteiger partial charge in [0.05, 0.1) is 5.69 Å². The van der Waals surface area contributed by atoms with E-state index in [1.807, 2.05) is 0 Å². The summed E-state index contributed by atoms with van der Waals surface area (Å²) in [6.45, 7) is 0. The molecule has 4 heteroatoms. The lowest BCUT2D eigenvalue weighted by molar-refractivity contribution is 0.0694. The zero-order chi connectivity index (χ0) is 12.3. The standard InChI is InChI=1S/C13H11NO3/c14-10-6-2-4-8-12(10)17-11-7-3-1-5-9(11)13(15)16/h1-8H,14H2,(H,15,16). The van der Waals surface area contributed by atoms with Crippen LogP contribution < -0.4 is 10.5 Å². The summed E-state index contributed by atoms with van der Waals surface area (Å²) in [6, 6.07) is 13.4. The van der Waals surface area contributed by atoms with Crippen molar-refractivity contribution in [2.45, 2.75) is 0 Å². The van der Waals surface area contributed by atoms with Gasteiger partial charge in [-0.25, -0.2) is 4.79 Å². The van der Waals surface area contributed by atoms with E-state index in [1.54, 1.807) is 42.5 Å². The molecule has 0 saturated heterocycles. The number of anilines is 1. The van der Waals surface area contributed by atoms with Crippen molar-refractivity contribution in [3.63, 3.8) is 0 Å². The number of nitrogens with two attached hydrogens (primary N) is 1. The van der Waals surface area contributed by atoms with Crippen LogP contribution in [0, 0.1) is 0 Å². The Labute approximate surface area is 98.3 Å². The number of carboxylic acid groups (broad SMARTS) is 1. The van der Waals surface area contributed by atoms with Gasteiger partial charge in [-0.05, 0) is 24.3 Å². The van der Waals surface area contributed by atoms with E-state index in [2.05, 4.69) is 0 Å². The average molecular weight is 229 g/mol. The van der Waals surface area contributed by atoms with Crippen molar-refractivity contribution in [1.29, 1.82) is 0 Å². The van der Waals surface area contributed by atoms with Gasteiger partial charge in [0.15, 0.2) is 0 Å². The lowest BCUT2D eigenvalue weighted by atomic mass is 10.2. The molecule has 0 bridgehead atoms. The third kappa shape index (κ3) is 2.36. The van der Waals surface area contributed by atoms with Crippen molar-refractivity contribution < 1.29 is 14.6 Å². The van der Waals surface area contributed by atoms with Crippen molar-refractivity contribution in [3.8, 4) is 11.5 Å². The van der Waals surface area contributed by atoms with Gasteiger partial charge in [-0.3, -0.25) is 0 Å². The minimum absolute atomic E-state index is 0.107. The number of carbonyl (C=O) groups is 1. The van der Waals surface area contributed by atoms with E-state index < -0.39 is 5.97 Å². The fourth-order valence-electron chi connectivity index (χ4n) is 1.42. The summed E-state index contributed by atoms with van der Waals surface area (Å²) in [4.78, 5) is 11.0. The quantitative estimate of drug-likeness (QED) is 0.794. The maximum atomic E-state index is 11.0. The Morgan fingerprint density at radius 1 is 1.00 bits per heavy atom. The van der Waals surface area contributed by atoms with Crippen molar-refractivity contribution in [1.82, 2.24) is 0 Å². The van der Waals surface area contributed by atoms with E-state index in [0.717, 1.165) is 0 Å². The van der Waals surface area contributed by atoms with E-state index >= 15 is 0 Å². The van der Waals surface area contributed by atoms with Crippen LogP contribution in [0.3, 0.4) is 0 Å². The smallest absolute Gasteiger partial charge is 0.339 e. The maximum absolute atomic E-state index is 11.0. The monoisotopic (exact) mass is 229 g/mol. The zero-order valence-electron chi connectivity index (χ0n) is 8.96. The first-order chi connectivity index (χ1) is 8.18. The minimum Gasteiger partial charge on any atom is -0.478 e. The molecular weight excluding hydrogens is 218 g/mol. The summed E-state index contributed by atoms with van der Waals surface area (Å²) in [6.07, 6.45) is 0. The lowest BCUT2D eigenvalue weighted by Gasteiger charge is -2.10. The molecule has 0 heterocycles. The van der Waals surface area contributed by atoms with Crippen LogP contribution in [0.25, 0.3) is 0 Å². The van der Waals surface area contributed by atoms with Gasteiger partial charge in [0.25, 0.3) is 0 Å². The molecule has 0 aromatic heterocycles. The van der Waals surface area contributed by atoms with Gasteiger partial charge >= 0.3 is 5.97 Å². The van der Waals surface area contributed by atoms with E-state index in [4.69, 9.17) is 15.6 Å². The summed E-state index contributed by atoms with van der Waals surface area (Å²) in [7, 11) is 0. The number of nitrogen functional groups attached to an aromatic ring is 1. The van der Waals surface area contributed by atoms with Gasteiger partial charge in [-0.1, -0.05) is 24.3 Å². The molecule has 0 radical (unpaired) electrons. The summed E-state index contributed by atoms with van der Waals surface area (Å²) in [5.74, 6) is -0.311. The van der Waals surface area contributed by atoms with Crippen LogP contribution in [0.4, 0.5) is 5.69 Å². The van der Waals surface area contributed by atoms with E-state index in [9.17, 15) is 4.79 Å². The van der Waals surface area contributed by atoms with Gasteiger partial charge < -0.3 is 15.6 Å². The number of hydrogen-bond donors (Lipinski definition) is 2. The predicted octanol–water partition coefficient (Wildman–Crippen LogP) is 2.76. The van der Waals surface area contributed by atoms with Crippen molar-refractivity contribution in [2.24, 2.45) is 0 Å². The van der Waals surface area contributed by atoms with Crippen LogP contribution >= 0.6 is 0 Å². The highest BCUT2D eigenvalue weighted by atomic mass is 16.5. The van der Waals surface area contributed by atoms with Crippen LogP contribution in [0.2, 0.25) is 0 Å². The molecule has 0 spiro atoms. The molecular formula is C13H11NO3. The second-order valence-electron chi connectivity index (χ2n) is 3.44. The minimum atomic E-state index is -1.03. The van der Waals surface area contributed by atoms with E-state index in [-0.39, 0.29) is 11.3 Å². The van der Waals surface area contributed by atoms with Gasteiger partial charge in [0.1, 0.15) is 17.1 Å². The van der Waals surface area contributed by atoms with E-state index in [0.29, 0.717) is 11.4 Å². The molecule has 2 rings (SSSR count). The first kappa shape index (κ1) is 11.0. The molecule has 2 aromatic rings. The summed E-state index contributed by atoms with van der Waals surface area (Å²) in [5.41, 5.74) is 6.29. The Balaban J connectivity index is 2.37. The molecule has 86 valence electrons. The van der Waals surface area contributed by atoms with Gasteiger partial charge in [-0.15, -0.1) is 0 Å². The third-order valence-corrected chi connectivity index (χ3v) is 2.26. The largest absolute Gasteiger partial charge is 0.478 e. The van der Waals surface area contributed by atoms with Crippen molar-refractivity contribution in [3.05, 3.63) is 54.1 Å². The van der Waals surface area contributed by atoms with Crippen LogP contribution in [-0.4, -0.2) is 11.1 Å². The molecule has 3 N–H and O–H groups in total. The maximum Gasteiger partial charge on any atom is 0.339 e. The summed E-state index contributed by atoms with van der Waals surface area (Å²) in [5, 5.41) is 9.00. The predicted molar refractivity (Wildman–Crippen MR) is 64.3 cm³/mol. The molecule has 4 nitrogen and oxygen atoms in total. The third-order valence-electron chi connectivity index (χ3n) is 2.26. The Morgan fingerprint density at radius 3 is 2.24 bits per heavy atom. The Kier molecular flexibility index (Phi) is 2.96. The highest BCUT2D eigenvalue weighted by Gasteiger charge is 2.11. The summed E-state index contributed by atoms with van der Waals surface area (Å²) >= 11 is 0. The van der Waals surface area contributed by atoms with Gasteiger partial charge in [-0.2, -0.15) is 0 Å². The first-order valence-corrected chi connectivity index (χ1v) is 5.03. The molecule has 0 aliphatic rings. The summed E-state index contributed by atoms with van der Waals surface area (Å²) < 4.78 is 5.50. The number of hydrogen-bond acceptors (Lipinski definition) is 3. The topological polar surface area (TPSA) is 72.5 Å². The number of rotatable bonds is 3. The molecule has 0 aliphatic carbocycles. The molecule has 0 amide bonds. The number of carboxylic acids is 1. The molecule has 2 aromatic carbocycles. The Hall–Kier alpha value is -2.49. The SMILES string of the molecule is Nc1ccccc1Oc1ccccc1C(=O)O.